The molecule has 0 aliphatic rings. The monoisotopic (exact) mass is 1130 g/mol. The molecule has 1 amide bonds. The largest absolute Gasteiger partial charge is 0.459 e. The highest BCUT2D eigenvalue weighted by molar-refractivity contribution is 5.74. The maximum atomic E-state index is 11.3. The number of hydrogen-bond acceptors (Lipinski definition) is 26. The van der Waals surface area contributed by atoms with Crippen LogP contribution in [0.3, 0.4) is 0 Å². The van der Waals surface area contributed by atoms with Crippen molar-refractivity contribution in [1.29, 1.82) is 0 Å². The molecular formula is C41H87N21O16. The van der Waals surface area contributed by atoms with Gasteiger partial charge in [-0.15, -0.1) is 0 Å². The van der Waals surface area contributed by atoms with Crippen molar-refractivity contribution in [1.82, 2.24) is 16.2 Å². The molecule has 10 N–H and O–H groups in total. The average Bonchev–Trinajstić information content (AvgIpc) is 3.36. The van der Waals surface area contributed by atoms with Crippen LogP contribution in [-0.2, 0) is 57.0 Å². The Morgan fingerprint density at radius 1 is 0.500 bits per heavy atom. The first kappa shape index (κ1) is 85.5. The van der Waals surface area contributed by atoms with Gasteiger partial charge in [-0.2, -0.15) is 0 Å². The summed E-state index contributed by atoms with van der Waals surface area (Å²) in [5, 5.41) is 43.6. The normalized spacial score (nSPS) is 9.92. The maximum absolute atomic E-state index is 11.3. The third kappa shape index (κ3) is 114. The molecule has 0 aliphatic heterocycles. The van der Waals surface area contributed by atoms with E-state index in [4.69, 9.17) is 87.8 Å². The SMILES string of the molecule is CC(C)(C)OC(=O)CN=CCOCCN=[N+]=[N-].CC(C)(C)OC(=O)CNCCOCCN=[N+]=[N-].CC(C)(C)OC(=O)NN.OCCOCCO.[N-]=[N+]=NCCOCC=O.[N-]=[N+]=NCCOCCNN.[N-]=[N+]=NCCOCCO. The zero-order chi connectivity index (χ0) is 60.9. The van der Waals surface area contributed by atoms with E-state index in [9.17, 15) is 19.2 Å². The van der Waals surface area contributed by atoms with Crippen LogP contribution < -0.4 is 27.9 Å². The van der Waals surface area contributed by atoms with Gasteiger partial charge < -0.3 is 68.1 Å². The van der Waals surface area contributed by atoms with E-state index < -0.39 is 22.9 Å². The highest BCUT2D eigenvalue weighted by atomic mass is 16.6. The smallest absolute Gasteiger partial charge is 0.421 e. The van der Waals surface area contributed by atoms with Gasteiger partial charge in [0.2, 0.25) is 0 Å². The number of carbonyl (C=O) groups excluding carboxylic acids is 4. The lowest BCUT2D eigenvalue weighted by Gasteiger charge is -2.19. The number of rotatable bonds is 35. The van der Waals surface area contributed by atoms with Crippen molar-refractivity contribution in [2.75, 3.05) is 158 Å². The molecule has 0 saturated carbocycles. The fourth-order valence-corrected chi connectivity index (χ4v) is 3.34. The van der Waals surface area contributed by atoms with Crippen molar-refractivity contribution in [2.24, 2.45) is 42.2 Å². The van der Waals surface area contributed by atoms with E-state index >= 15 is 0 Å². The second kappa shape index (κ2) is 70.6. The Morgan fingerprint density at radius 3 is 1.18 bits per heavy atom. The minimum Gasteiger partial charge on any atom is -0.459 e. The fourth-order valence-electron chi connectivity index (χ4n) is 3.34. The first-order valence-electron chi connectivity index (χ1n) is 23.6. The van der Waals surface area contributed by atoms with E-state index in [0.717, 1.165) is 0 Å². The number of carbonyl (C=O) groups is 4. The molecule has 0 rings (SSSR count). The van der Waals surface area contributed by atoms with Crippen LogP contribution in [0.25, 0.3) is 52.2 Å². The standard InChI is InChI=1S/C10H20N4O3.C10H18N4O3.C5H12N2O2.C4H11N5O.C4H9N3O2.C4H7N3O2.C4H10O3/c2*1-10(2,3)17-9(15)8-12-4-6-16-7-5-13-14-11;1-5(2,3)9-4(8)7-6;5-7-1-3-10-4-2-8-9-6;2*5-7-6-1-3-9-4-2-8;5-1-3-7-4-2-6/h12H,4-8H2,1-3H3;4H,5-8H2,1-3H3;6H2,1-3H3,(H,7,8);7H,1-5H2;8H,1-4H2;2H,1,3-4H2;5-6H,1-4H2. The summed E-state index contributed by atoms with van der Waals surface area (Å²) in [6.45, 7) is 23.3. The van der Waals surface area contributed by atoms with Crippen molar-refractivity contribution in [3.63, 3.8) is 0 Å². The summed E-state index contributed by atoms with van der Waals surface area (Å²) in [5.41, 5.74) is 42.2. The van der Waals surface area contributed by atoms with Crippen LogP contribution in [0, 0.1) is 0 Å². The predicted molar refractivity (Wildman–Crippen MR) is 286 cm³/mol. The number of nitrogens with zero attached hydrogens (tertiary/aromatic N) is 16. The van der Waals surface area contributed by atoms with E-state index in [1.54, 1.807) is 41.5 Å². The third-order valence-electron chi connectivity index (χ3n) is 5.87. The summed E-state index contributed by atoms with van der Waals surface area (Å²) in [7, 11) is 0. The number of aliphatic hydroxyl groups is 3. The van der Waals surface area contributed by atoms with Crippen LogP contribution in [0.15, 0.2) is 30.6 Å². The van der Waals surface area contributed by atoms with Gasteiger partial charge >= 0.3 is 18.0 Å². The van der Waals surface area contributed by atoms with Crippen molar-refractivity contribution in [3.8, 4) is 0 Å². The molecule has 78 heavy (non-hydrogen) atoms. The van der Waals surface area contributed by atoms with Gasteiger partial charge in [-0.3, -0.25) is 31.3 Å². The molecule has 0 aromatic heterocycles. The van der Waals surface area contributed by atoms with Gasteiger partial charge in [0.25, 0.3) is 0 Å². The van der Waals surface area contributed by atoms with Crippen LogP contribution >= 0.6 is 0 Å². The maximum Gasteiger partial charge on any atom is 0.421 e. The van der Waals surface area contributed by atoms with Crippen molar-refractivity contribution < 1.29 is 77.1 Å². The van der Waals surface area contributed by atoms with E-state index in [2.05, 4.69) is 75.3 Å². The number of hydrogen-bond donors (Lipinski definition) is 8. The molecule has 0 aromatic rings. The molecule has 0 bridgehead atoms. The van der Waals surface area contributed by atoms with Gasteiger partial charge in [0, 0.05) is 76.6 Å². The number of aliphatic imine (C=N–C) groups is 1. The number of nitrogens with one attached hydrogen (secondary N) is 3. The second-order valence-corrected chi connectivity index (χ2v) is 16.2. The van der Waals surface area contributed by atoms with E-state index in [1.807, 2.05) is 26.2 Å². The molecule has 0 aromatic carbocycles. The third-order valence-corrected chi connectivity index (χ3v) is 5.87. The lowest BCUT2D eigenvalue weighted by molar-refractivity contribution is -0.154. The molecular weight excluding hydrogens is 1040 g/mol. The number of aliphatic hydroxyl groups excluding tert-OH is 3. The van der Waals surface area contributed by atoms with Crippen LogP contribution in [0.4, 0.5) is 4.79 Å². The number of hydrazine groups is 2. The van der Waals surface area contributed by atoms with Crippen LogP contribution in [0.1, 0.15) is 62.3 Å². The van der Waals surface area contributed by atoms with E-state index in [-0.39, 0.29) is 71.2 Å². The van der Waals surface area contributed by atoms with Gasteiger partial charge in [-0.05, 0) is 90.0 Å². The predicted octanol–water partition coefficient (Wildman–Crippen LogP) is 2.94. The van der Waals surface area contributed by atoms with Crippen LogP contribution in [0.5, 0.6) is 0 Å². The zero-order valence-electron chi connectivity index (χ0n) is 46.6. The highest BCUT2D eigenvalue weighted by Crippen LogP contribution is 2.07. The van der Waals surface area contributed by atoms with Crippen LogP contribution in [0.2, 0.25) is 0 Å². The van der Waals surface area contributed by atoms with E-state index in [1.165, 1.54) is 6.21 Å². The number of esters is 2. The highest BCUT2D eigenvalue weighted by Gasteiger charge is 2.16. The second-order valence-electron chi connectivity index (χ2n) is 16.2. The number of nitrogens with two attached hydrogens (primary N) is 2. The van der Waals surface area contributed by atoms with Gasteiger partial charge in [0.15, 0.2) is 0 Å². The summed E-state index contributed by atoms with van der Waals surface area (Å²) in [6, 6.07) is 0. The van der Waals surface area contributed by atoms with Crippen molar-refractivity contribution >= 4 is 30.5 Å². The Kier molecular flexibility index (Phi) is 77.4. The van der Waals surface area contributed by atoms with Gasteiger partial charge in [0.05, 0.1) is 99.0 Å². The van der Waals surface area contributed by atoms with E-state index in [0.29, 0.717) is 105 Å². The number of azide groups is 5. The molecule has 0 radical (unpaired) electrons. The summed E-state index contributed by atoms with van der Waals surface area (Å²) in [4.78, 5) is 59.0. The Balaban J connectivity index is -0.000000155. The minimum atomic E-state index is -0.609. The first-order chi connectivity index (χ1) is 37.0. The Bertz CT molecular complexity index is 1670. The lowest BCUT2D eigenvalue weighted by Crippen LogP contribution is -2.36. The molecule has 452 valence electrons. The molecule has 0 aliphatic carbocycles. The summed E-state index contributed by atoms with van der Waals surface area (Å²) in [6.07, 6.45) is 1.53. The quantitative estimate of drug-likeness (QED) is 0.00386. The number of ether oxygens (including phenoxy) is 9. The zero-order valence-corrected chi connectivity index (χ0v) is 46.6. The van der Waals surface area contributed by atoms with Gasteiger partial charge in [0.1, 0.15) is 36.2 Å². The first-order valence-corrected chi connectivity index (χ1v) is 23.6. The average molecular weight is 1130 g/mol. The summed E-state index contributed by atoms with van der Waals surface area (Å²) >= 11 is 0. The molecule has 0 heterocycles. The topological polar surface area (TPSA) is 556 Å². The fraction of sp³-hybridized carbons (Fsp3) is 0.878. The molecule has 0 saturated heterocycles. The summed E-state index contributed by atoms with van der Waals surface area (Å²) < 4.78 is 44.1. The number of aldehydes is 1. The summed E-state index contributed by atoms with van der Waals surface area (Å²) in [5.74, 6) is 9.05. The lowest BCUT2D eigenvalue weighted by atomic mass is 10.2. The Labute approximate surface area is 454 Å². The molecule has 0 atom stereocenters. The van der Waals surface area contributed by atoms with Gasteiger partial charge in [-0.25, -0.2) is 10.6 Å². The van der Waals surface area contributed by atoms with Crippen molar-refractivity contribution in [3.05, 3.63) is 52.2 Å². The van der Waals surface area contributed by atoms with Crippen molar-refractivity contribution in [2.45, 2.75) is 79.1 Å². The molecule has 0 spiro atoms. The van der Waals surface area contributed by atoms with Crippen LogP contribution in [-0.4, -0.2) is 221 Å². The molecule has 0 unspecified atom stereocenters. The Hall–Kier alpha value is -6.42. The molecule has 0 fully saturated rings. The van der Waals surface area contributed by atoms with Gasteiger partial charge in [-0.1, -0.05) is 25.6 Å². The molecule has 37 nitrogen and oxygen atoms in total. The minimum absolute atomic E-state index is 0.0102. The Morgan fingerprint density at radius 2 is 0.846 bits per heavy atom. The molecule has 37 heteroatoms. The number of amides is 1.